The van der Waals surface area contributed by atoms with E-state index in [0.29, 0.717) is 6.04 Å². The maximum atomic E-state index is 11.4. The van der Waals surface area contributed by atoms with Gasteiger partial charge in [-0.3, -0.25) is 0 Å². The van der Waals surface area contributed by atoms with E-state index in [1.807, 2.05) is 6.92 Å². The van der Waals surface area contributed by atoms with E-state index >= 15 is 0 Å². The second-order valence-electron chi connectivity index (χ2n) is 7.11. The van der Waals surface area contributed by atoms with Crippen LogP contribution in [0.25, 0.3) is 0 Å². The first-order valence-corrected chi connectivity index (χ1v) is 10.5. The number of hydrogen-bond donors (Lipinski definition) is 1. The molecule has 2 aliphatic rings. The highest BCUT2D eigenvalue weighted by atomic mass is 32.2. The molecule has 0 unspecified atom stereocenters. The van der Waals surface area contributed by atoms with Gasteiger partial charge in [0.15, 0.2) is 0 Å². The maximum absolute atomic E-state index is 11.4. The number of sulfone groups is 1. The third kappa shape index (κ3) is 5.03. The third-order valence-corrected chi connectivity index (χ3v) is 6.23. The lowest BCUT2D eigenvalue weighted by Crippen LogP contribution is -2.48. The summed E-state index contributed by atoms with van der Waals surface area (Å²) in [6, 6.07) is 0.628. The molecule has 0 heterocycles. The predicted octanol–water partition coefficient (Wildman–Crippen LogP) is 3.15. The molecule has 2 saturated carbocycles. The normalized spacial score (nSPS) is 31.1. The Morgan fingerprint density at radius 2 is 1.60 bits per heavy atom. The van der Waals surface area contributed by atoms with Crippen LogP contribution in [0.15, 0.2) is 0 Å². The maximum Gasteiger partial charge on any atom is 0.148 e. The third-order valence-electron chi connectivity index (χ3n) is 5.13. The molecule has 118 valence electrons. The quantitative estimate of drug-likeness (QED) is 0.848. The topological polar surface area (TPSA) is 46.2 Å². The summed E-state index contributed by atoms with van der Waals surface area (Å²) in [5.74, 6) is 1.93. The lowest BCUT2D eigenvalue weighted by molar-refractivity contribution is 0.145. The van der Waals surface area contributed by atoms with E-state index < -0.39 is 9.84 Å². The fourth-order valence-electron chi connectivity index (χ4n) is 4.36. The lowest BCUT2D eigenvalue weighted by atomic mass is 9.71. The van der Waals surface area contributed by atoms with Crippen LogP contribution in [0.1, 0.15) is 64.7 Å². The van der Waals surface area contributed by atoms with Gasteiger partial charge < -0.3 is 5.32 Å². The molecule has 0 saturated heterocycles. The SMILES string of the molecule is C[C@H](CS(C)(=O)=O)N[C@@H]1CCCC[C@@H]1C1CCCCC1. The van der Waals surface area contributed by atoms with Crippen LogP contribution < -0.4 is 5.32 Å². The summed E-state index contributed by atoms with van der Waals surface area (Å²) >= 11 is 0. The largest absolute Gasteiger partial charge is 0.310 e. The van der Waals surface area contributed by atoms with Crippen LogP contribution in [-0.2, 0) is 9.84 Å². The second-order valence-corrected chi connectivity index (χ2v) is 9.30. The summed E-state index contributed by atoms with van der Waals surface area (Å²) in [5, 5.41) is 3.64. The van der Waals surface area contributed by atoms with Gasteiger partial charge in [0.2, 0.25) is 0 Å². The smallest absolute Gasteiger partial charge is 0.148 e. The lowest BCUT2D eigenvalue weighted by Gasteiger charge is -2.40. The molecular formula is C16H31NO2S. The molecule has 2 fully saturated rings. The van der Waals surface area contributed by atoms with Crippen molar-refractivity contribution >= 4 is 9.84 Å². The van der Waals surface area contributed by atoms with Crippen LogP contribution in [0.5, 0.6) is 0 Å². The van der Waals surface area contributed by atoms with Gasteiger partial charge in [-0.15, -0.1) is 0 Å². The van der Waals surface area contributed by atoms with E-state index in [0.717, 1.165) is 11.8 Å². The first kappa shape index (κ1) is 16.3. The van der Waals surface area contributed by atoms with Gasteiger partial charge in [0, 0.05) is 18.3 Å². The van der Waals surface area contributed by atoms with Gasteiger partial charge in [0.05, 0.1) is 5.75 Å². The van der Waals surface area contributed by atoms with Crippen LogP contribution in [0.3, 0.4) is 0 Å². The molecule has 0 aromatic rings. The highest BCUT2D eigenvalue weighted by molar-refractivity contribution is 7.90. The summed E-state index contributed by atoms with van der Waals surface area (Å²) in [6.45, 7) is 2.02. The molecule has 3 nitrogen and oxygen atoms in total. The minimum Gasteiger partial charge on any atom is -0.310 e. The number of rotatable bonds is 5. The van der Waals surface area contributed by atoms with Crippen molar-refractivity contribution in [2.45, 2.75) is 76.8 Å². The molecule has 2 rings (SSSR count). The van der Waals surface area contributed by atoms with Gasteiger partial charge in [-0.2, -0.15) is 0 Å². The zero-order valence-electron chi connectivity index (χ0n) is 13.1. The molecule has 0 spiro atoms. The average molecular weight is 301 g/mol. The minimum absolute atomic E-state index is 0.0826. The monoisotopic (exact) mass is 301 g/mol. The van der Waals surface area contributed by atoms with Crippen molar-refractivity contribution in [3.63, 3.8) is 0 Å². The molecular weight excluding hydrogens is 270 g/mol. The number of nitrogens with one attached hydrogen (secondary N) is 1. The molecule has 3 atom stereocenters. The molecule has 0 radical (unpaired) electrons. The molecule has 4 heteroatoms. The first-order chi connectivity index (χ1) is 9.46. The Kier molecular flexibility index (Phi) is 5.91. The molecule has 1 N–H and O–H groups in total. The molecule has 0 aromatic carbocycles. The van der Waals surface area contributed by atoms with Crippen molar-refractivity contribution in [1.82, 2.24) is 5.32 Å². The van der Waals surface area contributed by atoms with Crippen molar-refractivity contribution in [2.75, 3.05) is 12.0 Å². The van der Waals surface area contributed by atoms with Gasteiger partial charge >= 0.3 is 0 Å². The van der Waals surface area contributed by atoms with Crippen LogP contribution in [0, 0.1) is 11.8 Å². The summed E-state index contributed by atoms with van der Waals surface area (Å²) in [7, 11) is -2.88. The van der Waals surface area contributed by atoms with E-state index in [1.54, 1.807) is 0 Å². The Balaban J connectivity index is 1.92. The van der Waals surface area contributed by atoms with E-state index in [1.165, 1.54) is 64.0 Å². The van der Waals surface area contributed by atoms with Crippen LogP contribution in [0.4, 0.5) is 0 Å². The fourth-order valence-corrected chi connectivity index (χ4v) is 5.37. The fraction of sp³-hybridized carbons (Fsp3) is 1.00. The number of hydrogen-bond acceptors (Lipinski definition) is 3. The summed E-state index contributed by atoms with van der Waals surface area (Å²) < 4.78 is 22.9. The van der Waals surface area contributed by atoms with E-state index in [4.69, 9.17) is 0 Å². The van der Waals surface area contributed by atoms with Crippen molar-refractivity contribution in [3.05, 3.63) is 0 Å². The van der Waals surface area contributed by atoms with E-state index in [-0.39, 0.29) is 11.8 Å². The van der Waals surface area contributed by atoms with Gasteiger partial charge in [-0.05, 0) is 31.6 Å². The molecule has 0 aromatic heterocycles. The predicted molar refractivity (Wildman–Crippen MR) is 84.6 cm³/mol. The van der Waals surface area contributed by atoms with Crippen LogP contribution in [0.2, 0.25) is 0 Å². The van der Waals surface area contributed by atoms with Crippen molar-refractivity contribution in [3.8, 4) is 0 Å². The second kappa shape index (κ2) is 7.26. The molecule has 0 amide bonds. The molecule has 0 bridgehead atoms. The van der Waals surface area contributed by atoms with Gasteiger partial charge in [-0.25, -0.2) is 8.42 Å². The Bertz CT molecular complexity index is 387. The van der Waals surface area contributed by atoms with Gasteiger partial charge in [0.25, 0.3) is 0 Å². The Morgan fingerprint density at radius 3 is 2.25 bits per heavy atom. The van der Waals surface area contributed by atoms with Crippen molar-refractivity contribution in [2.24, 2.45) is 11.8 Å². The van der Waals surface area contributed by atoms with Crippen LogP contribution >= 0.6 is 0 Å². The zero-order chi connectivity index (χ0) is 14.6. The Labute approximate surface area is 124 Å². The molecule has 0 aliphatic heterocycles. The van der Waals surface area contributed by atoms with E-state index in [2.05, 4.69) is 5.32 Å². The highest BCUT2D eigenvalue weighted by Gasteiger charge is 2.33. The Morgan fingerprint density at radius 1 is 1.00 bits per heavy atom. The van der Waals surface area contributed by atoms with Crippen LogP contribution in [-0.4, -0.2) is 32.5 Å². The van der Waals surface area contributed by atoms with Gasteiger partial charge in [0.1, 0.15) is 9.84 Å². The van der Waals surface area contributed by atoms with Crippen molar-refractivity contribution < 1.29 is 8.42 Å². The summed E-state index contributed by atoms with van der Waals surface area (Å²) in [4.78, 5) is 0. The van der Waals surface area contributed by atoms with Crippen molar-refractivity contribution in [1.29, 1.82) is 0 Å². The summed E-state index contributed by atoms with van der Waals surface area (Å²) in [5.41, 5.74) is 0. The zero-order valence-corrected chi connectivity index (χ0v) is 13.9. The standard InChI is InChI=1S/C16H31NO2S/c1-13(12-20(2,18)19)17-16-11-7-6-10-15(16)14-8-4-3-5-9-14/h13-17H,3-12H2,1-2H3/t13-,15-,16-/m1/s1. The average Bonchev–Trinajstić information content (AvgIpc) is 2.38. The Hall–Kier alpha value is -0.0900. The summed E-state index contributed by atoms with van der Waals surface area (Å²) in [6.07, 6.45) is 13.6. The van der Waals surface area contributed by atoms with Gasteiger partial charge in [-0.1, -0.05) is 44.9 Å². The first-order valence-electron chi connectivity index (χ1n) is 8.39. The molecule has 2 aliphatic carbocycles. The van der Waals surface area contributed by atoms with E-state index in [9.17, 15) is 8.42 Å². The minimum atomic E-state index is -2.88. The molecule has 20 heavy (non-hydrogen) atoms. The highest BCUT2D eigenvalue weighted by Crippen LogP contribution is 2.38.